The van der Waals surface area contributed by atoms with E-state index in [0.717, 1.165) is 27.5 Å². The molecule has 0 radical (unpaired) electrons. The molecule has 0 aliphatic rings. The van der Waals surface area contributed by atoms with Crippen LogP contribution in [0.1, 0.15) is 21.6 Å². The van der Waals surface area contributed by atoms with E-state index < -0.39 is 0 Å². The zero-order chi connectivity index (χ0) is 18.0. The van der Waals surface area contributed by atoms with Gasteiger partial charge in [-0.15, -0.1) is 0 Å². The zero-order valence-corrected chi connectivity index (χ0v) is 16.3. The fourth-order valence-electron chi connectivity index (χ4n) is 2.99. The number of benzene rings is 2. The Morgan fingerprint density at radius 2 is 1.72 bits per heavy atom. The van der Waals surface area contributed by atoms with Gasteiger partial charge in [0.1, 0.15) is 5.69 Å². The molecule has 25 heavy (non-hydrogen) atoms. The van der Waals surface area contributed by atoms with Crippen LogP contribution < -0.4 is 5.32 Å². The molecule has 0 aliphatic carbocycles. The summed E-state index contributed by atoms with van der Waals surface area (Å²) in [4.78, 5) is 14.8. The Kier molecular flexibility index (Phi) is 5.25. The van der Waals surface area contributed by atoms with Crippen molar-refractivity contribution in [2.24, 2.45) is 7.05 Å². The van der Waals surface area contributed by atoms with Gasteiger partial charge in [0.25, 0.3) is 5.91 Å². The number of nitrogens with one attached hydrogen (secondary N) is 1. The molecule has 0 unspecified atom stereocenters. The molecule has 0 atom stereocenters. The number of fused-ring (bicyclic) bond motifs is 1. The van der Waals surface area contributed by atoms with Crippen LogP contribution in [0.15, 0.2) is 53.0 Å². The second-order valence-electron chi connectivity index (χ2n) is 6.48. The molecule has 1 amide bonds. The van der Waals surface area contributed by atoms with Gasteiger partial charge < -0.3 is 14.8 Å². The van der Waals surface area contributed by atoms with Crippen molar-refractivity contribution in [1.29, 1.82) is 0 Å². The van der Waals surface area contributed by atoms with Crippen LogP contribution in [0.2, 0.25) is 0 Å². The van der Waals surface area contributed by atoms with Crippen molar-refractivity contribution in [2.45, 2.75) is 13.1 Å². The minimum Gasteiger partial charge on any atom is -0.347 e. The highest BCUT2D eigenvalue weighted by molar-refractivity contribution is 9.10. The maximum Gasteiger partial charge on any atom is 0.269 e. The molecule has 0 fully saturated rings. The van der Waals surface area contributed by atoms with Crippen LogP contribution in [-0.2, 0) is 20.1 Å². The minimum atomic E-state index is -0.0806. The second-order valence-corrected chi connectivity index (χ2v) is 7.27. The summed E-state index contributed by atoms with van der Waals surface area (Å²) in [6.07, 6.45) is 0. The SMILES string of the molecule is CN(C)Cc1ccc(CNC(=O)c2c(Br)c3ccccc3n2C)cc1. The Morgan fingerprint density at radius 3 is 2.36 bits per heavy atom. The average molecular weight is 400 g/mol. The van der Waals surface area contributed by atoms with E-state index in [0.29, 0.717) is 12.2 Å². The number of carbonyl (C=O) groups is 1. The Morgan fingerprint density at radius 1 is 1.08 bits per heavy atom. The van der Waals surface area contributed by atoms with Gasteiger partial charge in [-0.05, 0) is 47.2 Å². The third kappa shape index (κ3) is 3.78. The fourth-order valence-corrected chi connectivity index (χ4v) is 3.77. The molecule has 1 aromatic heterocycles. The molecule has 0 bridgehead atoms. The van der Waals surface area contributed by atoms with Gasteiger partial charge in [-0.3, -0.25) is 4.79 Å². The summed E-state index contributed by atoms with van der Waals surface area (Å²) in [5.41, 5.74) is 4.03. The smallest absolute Gasteiger partial charge is 0.269 e. The number of aryl methyl sites for hydroxylation is 1. The number of carbonyl (C=O) groups excluding carboxylic acids is 1. The molecule has 1 heterocycles. The Labute approximate surface area is 156 Å². The molecule has 0 saturated heterocycles. The summed E-state index contributed by atoms with van der Waals surface area (Å²) in [5, 5.41) is 4.06. The van der Waals surface area contributed by atoms with E-state index in [9.17, 15) is 4.79 Å². The third-order valence-electron chi connectivity index (χ3n) is 4.24. The lowest BCUT2D eigenvalue weighted by Crippen LogP contribution is -2.25. The van der Waals surface area contributed by atoms with E-state index >= 15 is 0 Å². The molecule has 1 N–H and O–H groups in total. The topological polar surface area (TPSA) is 37.3 Å². The van der Waals surface area contributed by atoms with E-state index in [-0.39, 0.29) is 5.91 Å². The monoisotopic (exact) mass is 399 g/mol. The minimum absolute atomic E-state index is 0.0806. The van der Waals surface area contributed by atoms with Crippen molar-refractivity contribution in [3.63, 3.8) is 0 Å². The van der Waals surface area contributed by atoms with Gasteiger partial charge in [0, 0.05) is 31.0 Å². The average Bonchev–Trinajstić information content (AvgIpc) is 2.85. The number of aromatic nitrogens is 1. The quantitative estimate of drug-likeness (QED) is 0.705. The molecule has 4 nitrogen and oxygen atoms in total. The first-order valence-corrected chi connectivity index (χ1v) is 9.00. The summed E-state index contributed by atoms with van der Waals surface area (Å²) in [5.74, 6) is -0.0806. The van der Waals surface area contributed by atoms with Crippen LogP contribution in [0.4, 0.5) is 0 Å². The van der Waals surface area contributed by atoms with Gasteiger partial charge in [0.2, 0.25) is 0 Å². The van der Waals surface area contributed by atoms with Crippen molar-refractivity contribution in [2.75, 3.05) is 14.1 Å². The van der Waals surface area contributed by atoms with Crippen molar-refractivity contribution in [3.8, 4) is 0 Å². The Hall–Kier alpha value is -2.11. The first kappa shape index (κ1) is 17.7. The van der Waals surface area contributed by atoms with Gasteiger partial charge in [-0.25, -0.2) is 0 Å². The summed E-state index contributed by atoms with van der Waals surface area (Å²) in [6, 6.07) is 16.3. The van der Waals surface area contributed by atoms with E-state index in [4.69, 9.17) is 0 Å². The molecule has 3 aromatic rings. The van der Waals surface area contributed by atoms with Crippen LogP contribution >= 0.6 is 15.9 Å². The molecular weight excluding hydrogens is 378 g/mol. The first-order chi connectivity index (χ1) is 12.0. The predicted molar refractivity (Wildman–Crippen MR) is 106 cm³/mol. The zero-order valence-electron chi connectivity index (χ0n) is 14.7. The summed E-state index contributed by atoms with van der Waals surface area (Å²) >= 11 is 3.58. The third-order valence-corrected chi connectivity index (χ3v) is 5.04. The molecule has 3 rings (SSSR count). The van der Waals surface area contributed by atoms with Gasteiger partial charge in [0.15, 0.2) is 0 Å². The molecule has 2 aromatic carbocycles. The Bertz CT molecular complexity index is 858. The summed E-state index contributed by atoms with van der Waals surface area (Å²) in [7, 11) is 6.02. The van der Waals surface area contributed by atoms with E-state index in [1.807, 2.05) is 35.9 Å². The molecule has 0 saturated carbocycles. The summed E-state index contributed by atoms with van der Waals surface area (Å²) in [6.45, 7) is 1.42. The van der Waals surface area contributed by atoms with Gasteiger partial charge in [-0.1, -0.05) is 42.5 Å². The molecular formula is C20H22BrN3O. The highest BCUT2D eigenvalue weighted by Gasteiger charge is 2.18. The fraction of sp³-hybridized carbons (Fsp3) is 0.250. The number of para-hydroxylation sites is 1. The number of rotatable bonds is 5. The van der Waals surface area contributed by atoms with Crippen LogP contribution in [-0.4, -0.2) is 29.5 Å². The van der Waals surface area contributed by atoms with E-state index in [1.165, 1.54) is 5.56 Å². The lowest BCUT2D eigenvalue weighted by atomic mass is 10.1. The first-order valence-electron chi connectivity index (χ1n) is 8.21. The van der Waals surface area contributed by atoms with E-state index in [1.54, 1.807) is 0 Å². The highest BCUT2D eigenvalue weighted by Crippen LogP contribution is 2.30. The lowest BCUT2D eigenvalue weighted by Gasteiger charge is -2.11. The van der Waals surface area contributed by atoms with E-state index in [2.05, 4.69) is 64.5 Å². The maximum atomic E-state index is 12.7. The van der Waals surface area contributed by atoms with Crippen molar-refractivity contribution in [3.05, 3.63) is 69.8 Å². The van der Waals surface area contributed by atoms with Crippen molar-refractivity contribution in [1.82, 2.24) is 14.8 Å². The van der Waals surface area contributed by atoms with Crippen LogP contribution in [0.5, 0.6) is 0 Å². The van der Waals surface area contributed by atoms with Gasteiger partial charge in [-0.2, -0.15) is 0 Å². The molecule has 5 heteroatoms. The second kappa shape index (κ2) is 7.42. The van der Waals surface area contributed by atoms with Crippen molar-refractivity contribution < 1.29 is 4.79 Å². The number of nitrogens with zero attached hydrogens (tertiary/aromatic N) is 2. The van der Waals surface area contributed by atoms with Crippen LogP contribution in [0, 0.1) is 0 Å². The molecule has 130 valence electrons. The largest absolute Gasteiger partial charge is 0.347 e. The predicted octanol–water partition coefficient (Wildman–Crippen LogP) is 3.93. The normalized spacial score (nSPS) is 11.2. The van der Waals surface area contributed by atoms with Crippen LogP contribution in [0.25, 0.3) is 10.9 Å². The molecule has 0 spiro atoms. The summed E-state index contributed by atoms with van der Waals surface area (Å²) < 4.78 is 2.76. The number of amides is 1. The van der Waals surface area contributed by atoms with Crippen molar-refractivity contribution >= 4 is 32.7 Å². The Balaban J connectivity index is 1.73. The van der Waals surface area contributed by atoms with Gasteiger partial charge >= 0.3 is 0 Å². The number of hydrogen-bond donors (Lipinski definition) is 1. The van der Waals surface area contributed by atoms with Gasteiger partial charge in [0.05, 0.1) is 4.47 Å². The van der Waals surface area contributed by atoms with Crippen LogP contribution in [0.3, 0.4) is 0 Å². The molecule has 0 aliphatic heterocycles. The standard InChI is InChI=1S/C20H22BrN3O/c1-23(2)13-15-10-8-14(9-11-15)12-22-20(25)19-18(21)16-6-4-5-7-17(16)24(19)3/h4-11H,12-13H2,1-3H3,(H,22,25). The highest BCUT2D eigenvalue weighted by atomic mass is 79.9. The lowest BCUT2D eigenvalue weighted by molar-refractivity contribution is 0.0942. The number of halogens is 1. The number of hydrogen-bond acceptors (Lipinski definition) is 2. The maximum absolute atomic E-state index is 12.7.